The van der Waals surface area contributed by atoms with Crippen molar-refractivity contribution in [1.29, 1.82) is 0 Å². The molecule has 1 aromatic carbocycles. The van der Waals surface area contributed by atoms with Crippen LogP contribution in [-0.4, -0.2) is 25.8 Å². The molecule has 0 aliphatic carbocycles. The van der Waals surface area contributed by atoms with Gasteiger partial charge < -0.3 is 5.11 Å². The molecule has 0 spiro atoms. The number of benzene rings is 1. The number of sulfonamides is 1. The van der Waals surface area contributed by atoms with Gasteiger partial charge in [-0.1, -0.05) is 51.1 Å². The van der Waals surface area contributed by atoms with Crippen molar-refractivity contribution in [3.05, 3.63) is 35.9 Å². The van der Waals surface area contributed by atoms with E-state index in [0.717, 1.165) is 0 Å². The number of hydrogen-bond donors (Lipinski definition) is 2. The van der Waals surface area contributed by atoms with E-state index in [1.807, 2.05) is 39.0 Å². The molecule has 1 atom stereocenters. The molecule has 0 bridgehead atoms. The summed E-state index contributed by atoms with van der Waals surface area (Å²) in [5, 5.41) is 9.86. The largest absolute Gasteiger partial charge is 0.387 e. The first kappa shape index (κ1) is 15.1. The van der Waals surface area contributed by atoms with E-state index in [9.17, 15) is 13.5 Å². The molecule has 0 aromatic heterocycles. The highest BCUT2D eigenvalue weighted by Crippen LogP contribution is 2.16. The van der Waals surface area contributed by atoms with Crippen LogP contribution in [0.5, 0.6) is 0 Å². The second-order valence-corrected chi connectivity index (χ2v) is 7.40. The predicted molar refractivity (Wildman–Crippen MR) is 72.6 cm³/mol. The minimum atomic E-state index is -3.35. The van der Waals surface area contributed by atoms with Gasteiger partial charge in [0, 0.05) is 6.54 Å². The Labute approximate surface area is 109 Å². The molecule has 0 saturated carbocycles. The van der Waals surface area contributed by atoms with Crippen molar-refractivity contribution < 1.29 is 13.5 Å². The maximum Gasteiger partial charge on any atom is 0.212 e. The Kier molecular flexibility index (Phi) is 4.90. The standard InChI is InChI=1S/C13H21NO3S/c1-13(2,3)10-18(16,17)14-9-12(15)11-7-5-4-6-8-11/h4-8,12,14-15H,9-10H2,1-3H3. The molecule has 0 heterocycles. The Hall–Kier alpha value is -0.910. The zero-order valence-corrected chi connectivity index (χ0v) is 11.9. The zero-order valence-electron chi connectivity index (χ0n) is 11.1. The first-order chi connectivity index (χ1) is 8.20. The lowest BCUT2D eigenvalue weighted by Gasteiger charge is -2.19. The van der Waals surface area contributed by atoms with Crippen molar-refractivity contribution in [3.8, 4) is 0 Å². The van der Waals surface area contributed by atoms with Crippen molar-refractivity contribution in [2.24, 2.45) is 5.41 Å². The molecule has 1 unspecified atom stereocenters. The van der Waals surface area contributed by atoms with Crippen LogP contribution in [0.1, 0.15) is 32.4 Å². The highest BCUT2D eigenvalue weighted by molar-refractivity contribution is 7.89. The second kappa shape index (κ2) is 5.82. The summed E-state index contributed by atoms with van der Waals surface area (Å²) < 4.78 is 26.0. The fraction of sp³-hybridized carbons (Fsp3) is 0.538. The molecule has 0 radical (unpaired) electrons. The number of aliphatic hydroxyl groups excluding tert-OH is 1. The summed E-state index contributed by atoms with van der Waals surface area (Å²) in [6.45, 7) is 5.59. The number of rotatable bonds is 5. The summed E-state index contributed by atoms with van der Waals surface area (Å²) in [5.74, 6) is 0.0432. The third-order valence-corrected chi connectivity index (χ3v) is 4.16. The van der Waals surface area contributed by atoms with Gasteiger partial charge in [-0.25, -0.2) is 13.1 Å². The SMILES string of the molecule is CC(C)(C)CS(=O)(=O)NCC(O)c1ccccc1. The maximum atomic E-state index is 11.8. The van der Waals surface area contributed by atoms with E-state index in [1.54, 1.807) is 12.1 Å². The number of aliphatic hydroxyl groups is 1. The van der Waals surface area contributed by atoms with Gasteiger partial charge in [0.25, 0.3) is 0 Å². The van der Waals surface area contributed by atoms with Gasteiger partial charge in [0.15, 0.2) is 0 Å². The normalized spacial score (nSPS) is 14.4. The number of nitrogens with one attached hydrogen (secondary N) is 1. The topological polar surface area (TPSA) is 66.4 Å². The summed E-state index contributed by atoms with van der Waals surface area (Å²) in [6, 6.07) is 9.00. The number of hydrogen-bond acceptors (Lipinski definition) is 3. The first-order valence-corrected chi connectivity index (χ1v) is 7.55. The molecule has 1 rings (SSSR count). The summed E-state index contributed by atoms with van der Waals surface area (Å²) in [7, 11) is -3.35. The predicted octanol–water partition coefficient (Wildman–Crippen LogP) is 1.69. The van der Waals surface area contributed by atoms with Crippen LogP contribution in [0.15, 0.2) is 30.3 Å². The van der Waals surface area contributed by atoms with Crippen LogP contribution in [0.2, 0.25) is 0 Å². The Bertz CT molecular complexity index is 463. The van der Waals surface area contributed by atoms with E-state index >= 15 is 0 Å². The quantitative estimate of drug-likeness (QED) is 0.856. The van der Waals surface area contributed by atoms with E-state index in [2.05, 4.69) is 4.72 Å². The van der Waals surface area contributed by atoms with Gasteiger partial charge in [-0.15, -0.1) is 0 Å². The van der Waals surface area contributed by atoms with Gasteiger partial charge in [-0.05, 0) is 11.0 Å². The van der Waals surface area contributed by atoms with E-state index in [1.165, 1.54) is 0 Å². The van der Waals surface area contributed by atoms with Crippen LogP contribution >= 0.6 is 0 Å². The third-order valence-electron chi connectivity index (χ3n) is 2.30. The monoisotopic (exact) mass is 271 g/mol. The summed E-state index contributed by atoms with van der Waals surface area (Å²) in [4.78, 5) is 0. The van der Waals surface area contributed by atoms with Crippen molar-refractivity contribution in [3.63, 3.8) is 0 Å². The van der Waals surface area contributed by atoms with E-state index in [4.69, 9.17) is 0 Å². The zero-order chi connectivity index (χ0) is 13.8. The first-order valence-electron chi connectivity index (χ1n) is 5.90. The maximum absolute atomic E-state index is 11.8. The van der Waals surface area contributed by atoms with Crippen LogP contribution in [0.25, 0.3) is 0 Å². The Morgan fingerprint density at radius 1 is 1.22 bits per heavy atom. The summed E-state index contributed by atoms with van der Waals surface area (Å²) in [6.07, 6.45) is -0.819. The van der Waals surface area contributed by atoms with Crippen LogP contribution in [0.4, 0.5) is 0 Å². The minimum absolute atomic E-state index is 0.00241. The molecule has 0 aliphatic heterocycles. The molecule has 2 N–H and O–H groups in total. The van der Waals surface area contributed by atoms with Gasteiger partial charge in [0.05, 0.1) is 11.9 Å². The van der Waals surface area contributed by atoms with Gasteiger partial charge in [-0.2, -0.15) is 0 Å². The fourth-order valence-corrected chi connectivity index (χ4v) is 3.27. The molecule has 0 saturated heterocycles. The van der Waals surface area contributed by atoms with Crippen molar-refractivity contribution in [2.45, 2.75) is 26.9 Å². The van der Waals surface area contributed by atoms with Crippen molar-refractivity contribution in [2.75, 3.05) is 12.3 Å². The molecule has 4 nitrogen and oxygen atoms in total. The highest BCUT2D eigenvalue weighted by Gasteiger charge is 2.22. The van der Waals surface area contributed by atoms with E-state index < -0.39 is 16.1 Å². The van der Waals surface area contributed by atoms with Crippen LogP contribution in [-0.2, 0) is 10.0 Å². The smallest absolute Gasteiger partial charge is 0.212 e. The molecular weight excluding hydrogens is 250 g/mol. The molecule has 0 fully saturated rings. The lowest BCUT2D eigenvalue weighted by molar-refractivity contribution is 0.182. The Morgan fingerprint density at radius 3 is 2.28 bits per heavy atom. The Morgan fingerprint density at radius 2 is 1.78 bits per heavy atom. The Balaban J connectivity index is 2.56. The van der Waals surface area contributed by atoms with Gasteiger partial charge in [-0.3, -0.25) is 0 Å². The van der Waals surface area contributed by atoms with Gasteiger partial charge in [0.2, 0.25) is 10.0 Å². The highest BCUT2D eigenvalue weighted by atomic mass is 32.2. The van der Waals surface area contributed by atoms with Gasteiger partial charge >= 0.3 is 0 Å². The van der Waals surface area contributed by atoms with Crippen molar-refractivity contribution in [1.82, 2.24) is 4.72 Å². The minimum Gasteiger partial charge on any atom is -0.387 e. The van der Waals surface area contributed by atoms with Crippen LogP contribution < -0.4 is 4.72 Å². The average Bonchev–Trinajstić information content (AvgIpc) is 2.24. The van der Waals surface area contributed by atoms with Gasteiger partial charge in [0.1, 0.15) is 0 Å². The summed E-state index contributed by atoms with van der Waals surface area (Å²) in [5.41, 5.74) is 0.403. The third kappa shape index (κ3) is 5.62. The lowest BCUT2D eigenvalue weighted by Crippen LogP contribution is -2.34. The van der Waals surface area contributed by atoms with E-state index in [-0.39, 0.29) is 17.7 Å². The lowest BCUT2D eigenvalue weighted by atomic mass is 10.0. The van der Waals surface area contributed by atoms with Crippen LogP contribution in [0, 0.1) is 5.41 Å². The molecule has 1 aromatic rings. The summed E-state index contributed by atoms with van der Waals surface area (Å²) >= 11 is 0. The molecule has 102 valence electrons. The molecule has 18 heavy (non-hydrogen) atoms. The molecular formula is C13H21NO3S. The van der Waals surface area contributed by atoms with Crippen LogP contribution in [0.3, 0.4) is 0 Å². The van der Waals surface area contributed by atoms with Crippen molar-refractivity contribution >= 4 is 10.0 Å². The second-order valence-electron chi connectivity index (χ2n) is 5.59. The average molecular weight is 271 g/mol. The molecule has 0 amide bonds. The fourth-order valence-electron chi connectivity index (χ4n) is 1.62. The molecule has 0 aliphatic rings. The van der Waals surface area contributed by atoms with E-state index in [0.29, 0.717) is 5.56 Å². The molecule has 5 heteroatoms.